The first-order valence-electron chi connectivity index (χ1n) is 7.49. The first-order valence-corrected chi connectivity index (χ1v) is 7.49. The molecule has 2 aromatic rings. The fourth-order valence-corrected chi connectivity index (χ4v) is 3.04. The van der Waals surface area contributed by atoms with Gasteiger partial charge in [-0.15, -0.1) is 0 Å². The Morgan fingerprint density at radius 3 is 2.95 bits per heavy atom. The van der Waals surface area contributed by atoms with Crippen LogP contribution < -0.4 is 0 Å². The highest BCUT2D eigenvalue weighted by molar-refractivity contribution is 5.04. The van der Waals surface area contributed by atoms with Crippen LogP contribution in [0.1, 0.15) is 17.7 Å². The van der Waals surface area contributed by atoms with Crippen LogP contribution in [-0.2, 0) is 13.1 Å². The summed E-state index contributed by atoms with van der Waals surface area (Å²) in [5, 5.41) is 6.91. The molecule has 2 aromatic heterocycles. The van der Waals surface area contributed by atoms with Crippen LogP contribution in [0, 0.1) is 0 Å². The Bertz CT molecular complexity index is 561. The predicted molar refractivity (Wildman–Crippen MR) is 80.7 cm³/mol. The van der Waals surface area contributed by atoms with Crippen molar-refractivity contribution in [2.24, 2.45) is 0 Å². The van der Waals surface area contributed by atoms with Gasteiger partial charge in [-0.1, -0.05) is 0 Å². The largest absolute Gasteiger partial charge is 0.299 e. The van der Waals surface area contributed by atoms with Gasteiger partial charge in [0.1, 0.15) is 12.5 Å². The zero-order valence-electron chi connectivity index (χ0n) is 12.7. The van der Waals surface area contributed by atoms with Gasteiger partial charge in [-0.2, -0.15) is 5.10 Å². The number of halogens is 1. The molecule has 1 aliphatic heterocycles. The molecule has 3 rings (SSSR count). The number of likely N-dealkylation sites (N-methyl/N-ethyl adjacent to an activating group) is 1. The van der Waals surface area contributed by atoms with E-state index in [4.69, 9.17) is 0 Å². The Labute approximate surface area is 129 Å². The summed E-state index contributed by atoms with van der Waals surface area (Å²) in [6.07, 6.45) is 6.68. The molecule has 2 atom stereocenters. The topological polar surface area (TPSA) is 60.9 Å². The van der Waals surface area contributed by atoms with Crippen molar-refractivity contribution in [3.8, 4) is 0 Å². The lowest BCUT2D eigenvalue weighted by Crippen LogP contribution is -2.38. The van der Waals surface area contributed by atoms with Gasteiger partial charge in [0.25, 0.3) is 0 Å². The van der Waals surface area contributed by atoms with Gasteiger partial charge in [-0.25, -0.2) is 14.4 Å². The molecule has 7 heteroatoms. The van der Waals surface area contributed by atoms with Crippen LogP contribution in [0.15, 0.2) is 31.0 Å². The lowest BCUT2D eigenvalue weighted by Gasteiger charge is -2.28. The molecule has 3 heterocycles. The van der Waals surface area contributed by atoms with Crippen LogP contribution >= 0.6 is 0 Å². The third kappa shape index (κ3) is 3.86. The number of hydrogen-bond donors (Lipinski definition) is 1. The Kier molecular flexibility index (Phi) is 4.74. The van der Waals surface area contributed by atoms with E-state index in [-0.39, 0.29) is 6.04 Å². The Hall–Kier alpha value is -1.86. The van der Waals surface area contributed by atoms with E-state index in [2.05, 4.69) is 37.0 Å². The van der Waals surface area contributed by atoms with Crippen molar-refractivity contribution in [3.63, 3.8) is 0 Å². The average molecular weight is 304 g/mol. The van der Waals surface area contributed by atoms with Crippen LogP contribution in [-0.4, -0.2) is 62.3 Å². The van der Waals surface area contributed by atoms with Crippen molar-refractivity contribution < 1.29 is 4.39 Å². The standard InChI is InChI=1S/C15H21FN6/c1-21(9-14-2-3-19-20-14)10-15-4-13(16)8-22(15)7-12-5-17-11-18-6-12/h2-3,5-6,11,13,15H,4,7-10H2,1H3,(H,19,20)/t13-,15-/m0/s1. The van der Waals surface area contributed by atoms with Gasteiger partial charge in [0, 0.05) is 62.1 Å². The molecule has 1 saturated heterocycles. The van der Waals surface area contributed by atoms with E-state index in [1.165, 1.54) is 6.33 Å². The lowest BCUT2D eigenvalue weighted by atomic mass is 10.2. The number of nitrogens with one attached hydrogen (secondary N) is 1. The number of nitrogens with zero attached hydrogens (tertiary/aromatic N) is 5. The van der Waals surface area contributed by atoms with Crippen molar-refractivity contribution in [1.29, 1.82) is 0 Å². The number of hydrogen-bond acceptors (Lipinski definition) is 5. The fourth-order valence-electron chi connectivity index (χ4n) is 3.04. The molecule has 1 fully saturated rings. The molecule has 0 unspecified atom stereocenters. The van der Waals surface area contributed by atoms with Crippen LogP contribution in [0.2, 0.25) is 0 Å². The van der Waals surface area contributed by atoms with Crippen molar-refractivity contribution in [3.05, 3.63) is 42.2 Å². The number of alkyl halides is 1. The molecular weight excluding hydrogens is 283 g/mol. The summed E-state index contributed by atoms with van der Waals surface area (Å²) in [7, 11) is 2.05. The van der Waals surface area contributed by atoms with E-state index in [0.717, 1.165) is 24.3 Å². The van der Waals surface area contributed by atoms with Gasteiger partial charge in [-0.3, -0.25) is 14.9 Å². The number of aromatic amines is 1. The van der Waals surface area contributed by atoms with E-state index in [1.807, 2.05) is 6.07 Å². The number of rotatable bonds is 6. The molecule has 1 aliphatic rings. The fraction of sp³-hybridized carbons (Fsp3) is 0.533. The Balaban J connectivity index is 1.58. The molecule has 0 radical (unpaired) electrons. The maximum absolute atomic E-state index is 13.8. The smallest absolute Gasteiger partial charge is 0.115 e. The molecule has 0 aliphatic carbocycles. The minimum Gasteiger partial charge on any atom is -0.299 e. The minimum absolute atomic E-state index is 0.211. The molecule has 0 saturated carbocycles. The average Bonchev–Trinajstić information content (AvgIpc) is 3.10. The monoisotopic (exact) mass is 304 g/mol. The minimum atomic E-state index is -0.754. The maximum Gasteiger partial charge on any atom is 0.115 e. The van der Waals surface area contributed by atoms with E-state index in [9.17, 15) is 4.39 Å². The van der Waals surface area contributed by atoms with Crippen molar-refractivity contribution >= 4 is 0 Å². The Morgan fingerprint density at radius 1 is 1.41 bits per heavy atom. The molecular formula is C15H21FN6. The molecule has 6 nitrogen and oxygen atoms in total. The van der Waals surface area contributed by atoms with Gasteiger partial charge in [0.05, 0.1) is 0 Å². The lowest BCUT2D eigenvalue weighted by molar-refractivity contribution is 0.179. The molecule has 0 spiro atoms. The van der Waals surface area contributed by atoms with Crippen LogP contribution in [0.25, 0.3) is 0 Å². The number of H-pyrrole nitrogens is 1. The first-order chi connectivity index (χ1) is 10.7. The van der Waals surface area contributed by atoms with Crippen LogP contribution in [0.3, 0.4) is 0 Å². The second kappa shape index (κ2) is 6.93. The van der Waals surface area contributed by atoms with Crippen LogP contribution in [0.4, 0.5) is 4.39 Å². The van der Waals surface area contributed by atoms with Crippen molar-refractivity contribution in [2.45, 2.75) is 31.7 Å². The SMILES string of the molecule is CN(Cc1ccn[nH]1)C[C@@H]1C[C@H](F)CN1Cc1cncnc1. The van der Waals surface area contributed by atoms with Gasteiger partial charge >= 0.3 is 0 Å². The van der Waals surface area contributed by atoms with Crippen LogP contribution in [0.5, 0.6) is 0 Å². The zero-order chi connectivity index (χ0) is 15.4. The molecule has 118 valence electrons. The molecule has 0 bridgehead atoms. The third-order valence-electron chi connectivity index (χ3n) is 4.00. The highest BCUT2D eigenvalue weighted by atomic mass is 19.1. The summed E-state index contributed by atoms with van der Waals surface area (Å²) in [5.41, 5.74) is 2.10. The van der Waals surface area contributed by atoms with Gasteiger partial charge in [-0.05, 0) is 19.5 Å². The second-order valence-corrected chi connectivity index (χ2v) is 5.94. The van der Waals surface area contributed by atoms with E-state index < -0.39 is 6.17 Å². The predicted octanol–water partition coefficient (Wildman–Crippen LogP) is 1.24. The molecule has 1 N–H and O–H groups in total. The van der Waals surface area contributed by atoms with Crippen molar-refractivity contribution in [1.82, 2.24) is 30.0 Å². The van der Waals surface area contributed by atoms with Gasteiger partial charge in [0.2, 0.25) is 0 Å². The second-order valence-electron chi connectivity index (χ2n) is 5.94. The third-order valence-corrected chi connectivity index (χ3v) is 4.00. The summed E-state index contributed by atoms with van der Waals surface area (Å²) >= 11 is 0. The van der Waals surface area contributed by atoms with Gasteiger partial charge in [0.15, 0.2) is 0 Å². The molecule has 0 aromatic carbocycles. The number of aromatic nitrogens is 4. The molecule has 0 amide bonds. The number of likely N-dealkylation sites (tertiary alicyclic amines) is 1. The van der Waals surface area contributed by atoms with E-state index in [0.29, 0.717) is 19.5 Å². The first kappa shape index (κ1) is 15.1. The van der Waals surface area contributed by atoms with E-state index in [1.54, 1.807) is 18.6 Å². The Morgan fingerprint density at radius 2 is 2.23 bits per heavy atom. The molecule has 22 heavy (non-hydrogen) atoms. The van der Waals surface area contributed by atoms with Gasteiger partial charge < -0.3 is 0 Å². The quantitative estimate of drug-likeness (QED) is 0.870. The summed E-state index contributed by atoms with van der Waals surface area (Å²) in [6, 6.07) is 2.17. The highest BCUT2D eigenvalue weighted by Gasteiger charge is 2.32. The zero-order valence-corrected chi connectivity index (χ0v) is 12.7. The summed E-state index contributed by atoms with van der Waals surface area (Å²) in [5.74, 6) is 0. The normalized spacial score (nSPS) is 22.5. The summed E-state index contributed by atoms with van der Waals surface area (Å²) in [6.45, 7) is 2.80. The summed E-state index contributed by atoms with van der Waals surface area (Å²) < 4.78 is 13.8. The summed E-state index contributed by atoms with van der Waals surface area (Å²) in [4.78, 5) is 12.4. The van der Waals surface area contributed by atoms with E-state index >= 15 is 0 Å². The highest BCUT2D eigenvalue weighted by Crippen LogP contribution is 2.23. The van der Waals surface area contributed by atoms with Crippen molar-refractivity contribution in [2.75, 3.05) is 20.1 Å². The maximum atomic E-state index is 13.8.